The number of hydrogen-bond donors (Lipinski definition) is 0. The lowest BCUT2D eigenvalue weighted by Gasteiger charge is -2.33. The standard InChI is InChI=1S/C27H29N2O3P/c1-3-21-14-16-22(17-15-21)20-32-26-13-7-12-25(31-2)27(26)33(30)28-18-8-11-24(28)19-29(33)23-9-5-4-6-10-23/h3-7,9-10,12-17,24H,1,8,11,18-20H2,2H3. The first kappa shape index (κ1) is 21.8. The Morgan fingerprint density at radius 3 is 2.52 bits per heavy atom. The van der Waals surface area contributed by atoms with Gasteiger partial charge in [-0.15, -0.1) is 0 Å². The molecule has 2 unspecified atom stereocenters. The summed E-state index contributed by atoms with van der Waals surface area (Å²) in [5.41, 5.74) is 3.07. The number of methoxy groups -OCH3 is 1. The van der Waals surface area contributed by atoms with Gasteiger partial charge in [-0.3, -0.25) is 4.57 Å². The molecule has 2 fully saturated rings. The highest BCUT2D eigenvalue weighted by molar-refractivity contribution is 7.71. The van der Waals surface area contributed by atoms with Gasteiger partial charge in [-0.25, -0.2) is 4.67 Å². The maximum absolute atomic E-state index is 15.1. The highest BCUT2D eigenvalue weighted by Crippen LogP contribution is 2.64. The summed E-state index contributed by atoms with van der Waals surface area (Å²) in [5, 5.41) is 0.656. The van der Waals surface area contributed by atoms with Crippen LogP contribution in [0.4, 0.5) is 5.69 Å². The molecular formula is C27H29N2O3P. The Balaban J connectivity index is 1.57. The molecule has 0 bridgehead atoms. The van der Waals surface area contributed by atoms with Crippen LogP contribution in [0.1, 0.15) is 24.0 Å². The van der Waals surface area contributed by atoms with Crippen LogP contribution in [0.15, 0.2) is 79.4 Å². The second-order valence-electron chi connectivity index (χ2n) is 8.46. The van der Waals surface area contributed by atoms with E-state index in [4.69, 9.17) is 9.47 Å². The van der Waals surface area contributed by atoms with Crippen molar-refractivity contribution in [1.82, 2.24) is 4.67 Å². The number of benzene rings is 3. The van der Waals surface area contributed by atoms with Crippen molar-refractivity contribution < 1.29 is 14.0 Å². The molecule has 2 heterocycles. The van der Waals surface area contributed by atoms with Gasteiger partial charge in [-0.1, -0.05) is 61.2 Å². The predicted molar refractivity (Wildman–Crippen MR) is 135 cm³/mol. The lowest BCUT2D eigenvalue weighted by molar-refractivity contribution is 0.306. The number of hydrogen-bond acceptors (Lipinski definition) is 3. The molecule has 5 nitrogen and oxygen atoms in total. The number of nitrogens with zero attached hydrogens (tertiary/aromatic N) is 2. The van der Waals surface area contributed by atoms with Gasteiger partial charge >= 0.3 is 0 Å². The van der Waals surface area contributed by atoms with Crippen LogP contribution in [0, 0.1) is 0 Å². The van der Waals surface area contributed by atoms with Gasteiger partial charge in [-0.2, -0.15) is 0 Å². The fourth-order valence-electron chi connectivity index (χ4n) is 4.90. The van der Waals surface area contributed by atoms with E-state index in [0.29, 0.717) is 23.4 Å². The highest BCUT2D eigenvalue weighted by atomic mass is 31.2. The van der Waals surface area contributed by atoms with E-state index >= 15 is 4.57 Å². The van der Waals surface area contributed by atoms with Gasteiger partial charge in [0.1, 0.15) is 23.4 Å². The van der Waals surface area contributed by atoms with E-state index in [1.165, 1.54) is 0 Å². The molecule has 2 atom stereocenters. The lowest BCUT2D eigenvalue weighted by atomic mass is 10.1. The maximum Gasteiger partial charge on any atom is 0.276 e. The first-order valence-electron chi connectivity index (χ1n) is 11.4. The Labute approximate surface area is 195 Å². The number of fused-ring (bicyclic) bond motifs is 1. The number of rotatable bonds is 7. The summed E-state index contributed by atoms with van der Waals surface area (Å²) in [6.45, 7) is 5.74. The van der Waals surface area contributed by atoms with Gasteiger partial charge in [0.15, 0.2) is 0 Å². The zero-order chi connectivity index (χ0) is 22.8. The quantitative estimate of drug-likeness (QED) is 0.422. The number of ether oxygens (including phenoxy) is 2. The largest absolute Gasteiger partial charge is 0.496 e. The summed E-state index contributed by atoms with van der Waals surface area (Å²) in [4.78, 5) is 0. The highest BCUT2D eigenvalue weighted by Gasteiger charge is 2.54. The van der Waals surface area contributed by atoms with Crippen LogP contribution in [0.25, 0.3) is 6.08 Å². The van der Waals surface area contributed by atoms with Crippen molar-refractivity contribution >= 4 is 24.5 Å². The van der Waals surface area contributed by atoms with Gasteiger partial charge in [0, 0.05) is 24.8 Å². The molecule has 6 heteroatoms. The van der Waals surface area contributed by atoms with E-state index in [-0.39, 0.29) is 6.04 Å². The SMILES string of the molecule is C=Cc1ccc(COc2cccc(OC)c2P2(=O)N(c3ccccc3)CC3CCCN32)cc1. The second kappa shape index (κ2) is 9.09. The summed E-state index contributed by atoms with van der Waals surface area (Å²) in [7, 11) is -1.55. The fraction of sp³-hybridized carbons (Fsp3) is 0.259. The Bertz CT molecular complexity index is 1180. The third-order valence-electron chi connectivity index (χ3n) is 6.54. The van der Waals surface area contributed by atoms with Crippen LogP contribution in [0.2, 0.25) is 0 Å². The average Bonchev–Trinajstić information content (AvgIpc) is 3.45. The van der Waals surface area contributed by atoms with Crippen molar-refractivity contribution in [1.29, 1.82) is 0 Å². The Morgan fingerprint density at radius 1 is 1.03 bits per heavy atom. The third kappa shape index (κ3) is 3.86. The van der Waals surface area contributed by atoms with Gasteiger partial charge in [0.25, 0.3) is 7.44 Å². The van der Waals surface area contributed by atoms with E-state index in [9.17, 15) is 0 Å². The van der Waals surface area contributed by atoms with Crippen molar-refractivity contribution in [3.8, 4) is 11.5 Å². The molecule has 2 aliphatic rings. The number of para-hydroxylation sites is 1. The molecule has 3 aromatic rings. The second-order valence-corrected chi connectivity index (χ2v) is 11.0. The molecule has 2 saturated heterocycles. The van der Waals surface area contributed by atoms with Crippen molar-refractivity contribution in [3.05, 3.63) is 90.5 Å². The first-order chi connectivity index (χ1) is 16.1. The minimum Gasteiger partial charge on any atom is -0.496 e. The molecule has 0 aromatic heterocycles. The smallest absolute Gasteiger partial charge is 0.276 e. The summed E-state index contributed by atoms with van der Waals surface area (Å²) >= 11 is 0. The van der Waals surface area contributed by atoms with E-state index in [0.717, 1.165) is 42.7 Å². The molecule has 0 amide bonds. The first-order valence-corrected chi connectivity index (χ1v) is 13.0. The lowest BCUT2D eigenvalue weighted by Crippen LogP contribution is -2.29. The van der Waals surface area contributed by atoms with Gasteiger partial charge in [0.05, 0.1) is 7.11 Å². The summed E-state index contributed by atoms with van der Waals surface area (Å²) < 4.78 is 31.5. The van der Waals surface area contributed by atoms with E-state index in [2.05, 4.69) is 15.9 Å². The van der Waals surface area contributed by atoms with Gasteiger partial charge < -0.3 is 14.1 Å². The predicted octanol–water partition coefficient (Wildman–Crippen LogP) is 5.72. The summed E-state index contributed by atoms with van der Waals surface area (Å²) in [6.07, 6.45) is 3.92. The van der Waals surface area contributed by atoms with Crippen LogP contribution in [-0.4, -0.2) is 30.9 Å². The molecule has 0 spiro atoms. The zero-order valence-corrected chi connectivity index (χ0v) is 19.8. The zero-order valence-electron chi connectivity index (χ0n) is 18.9. The monoisotopic (exact) mass is 460 g/mol. The molecule has 0 aliphatic carbocycles. The minimum absolute atomic E-state index is 0.264. The molecular weight excluding hydrogens is 431 g/mol. The van der Waals surface area contributed by atoms with Crippen LogP contribution in [0.3, 0.4) is 0 Å². The topological polar surface area (TPSA) is 42.0 Å². The number of anilines is 1. The van der Waals surface area contributed by atoms with Gasteiger partial charge in [0.2, 0.25) is 0 Å². The van der Waals surface area contributed by atoms with Crippen LogP contribution >= 0.6 is 7.44 Å². The van der Waals surface area contributed by atoms with Crippen molar-refractivity contribution in [2.75, 3.05) is 24.9 Å². The fourth-order valence-corrected chi connectivity index (χ4v) is 8.46. The van der Waals surface area contributed by atoms with Crippen LogP contribution in [0.5, 0.6) is 11.5 Å². The van der Waals surface area contributed by atoms with E-state index < -0.39 is 7.44 Å². The van der Waals surface area contributed by atoms with Crippen LogP contribution in [-0.2, 0) is 11.2 Å². The van der Waals surface area contributed by atoms with Crippen molar-refractivity contribution in [2.45, 2.75) is 25.5 Å². The van der Waals surface area contributed by atoms with E-state index in [1.54, 1.807) is 7.11 Å². The molecule has 170 valence electrons. The molecule has 33 heavy (non-hydrogen) atoms. The minimum atomic E-state index is -3.18. The van der Waals surface area contributed by atoms with Crippen molar-refractivity contribution in [2.24, 2.45) is 0 Å². The van der Waals surface area contributed by atoms with Gasteiger partial charge in [-0.05, 0) is 48.2 Å². The van der Waals surface area contributed by atoms with Crippen molar-refractivity contribution in [3.63, 3.8) is 0 Å². The molecule has 3 aromatic carbocycles. The molecule has 0 radical (unpaired) electrons. The summed E-state index contributed by atoms with van der Waals surface area (Å²) in [5.74, 6) is 1.21. The van der Waals surface area contributed by atoms with Crippen LogP contribution < -0.4 is 19.4 Å². The molecule has 0 N–H and O–H groups in total. The average molecular weight is 461 g/mol. The summed E-state index contributed by atoms with van der Waals surface area (Å²) in [6, 6.07) is 24.1. The third-order valence-corrected chi connectivity index (χ3v) is 9.84. The molecule has 2 aliphatic heterocycles. The Kier molecular flexibility index (Phi) is 6.01. The Morgan fingerprint density at radius 2 is 1.79 bits per heavy atom. The normalized spacial score (nSPS) is 22.2. The van der Waals surface area contributed by atoms with E-state index in [1.807, 2.05) is 78.9 Å². The Hall–Kier alpha value is -3.01. The molecule has 0 saturated carbocycles. The molecule has 5 rings (SSSR count). The maximum atomic E-state index is 15.1.